The third-order valence-electron chi connectivity index (χ3n) is 4.49. The van der Waals surface area contributed by atoms with Crippen molar-refractivity contribution in [3.8, 4) is 11.4 Å². The Hall–Kier alpha value is -2.70. The van der Waals surface area contributed by atoms with Crippen LogP contribution in [-0.2, 0) is 16.1 Å². The summed E-state index contributed by atoms with van der Waals surface area (Å²) in [5.41, 5.74) is 1.38. The van der Waals surface area contributed by atoms with Crippen molar-refractivity contribution in [1.29, 1.82) is 0 Å². The van der Waals surface area contributed by atoms with Gasteiger partial charge in [0.15, 0.2) is 5.76 Å². The fourth-order valence-electron chi connectivity index (χ4n) is 3.07. The molecule has 132 valence electrons. The van der Waals surface area contributed by atoms with Gasteiger partial charge in [0.05, 0.1) is 18.2 Å². The van der Waals surface area contributed by atoms with Crippen LogP contribution in [0.4, 0.5) is 0 Å². The predicted molar refractivity (Wildman–Crippen MR) is 91.2 cm³/mol. The van der Waals surface area contributed by atoms with Crippen LogP contribution in [0, 0.1) is 5.92 Å². The maximum absolute atomic E-state index is 12.7. The topological polar surface area (TPSA) is 79.5 Å². The second kappa shape index (κ2) is 7.46. The molecule has 25 heavy (non-hydrogen) atoms. The summed E-state index contributed by atoms with van der Waals surface area (Å²) < 4.78 is 5.34. The molecule has 1 atom stereocenters. The molecule has 2 aromatic rings. The van der Waals surface area contributed by atoms with Crippen molar-refractivity contribution in [2.75, 3.05) is 20.1 Å². The van der Waals surface area contributed by atoms with E-state index in [1.165, 1.54) is 0 Å². The van der Waals surface area contributed by atoms with E-state index in [0.717, 1.165) is 5.69 Å². The minimum absolute atomic E-state index is 0.0294. The van der Waals surface area contributed by atoms with Crippen LogP contribution in [0.2, 0.25) is 0 Å². The molecule has 3 rings (SSSR count). The summed E-state index contributed by atoms with van der Waals surface area (Å²) in [7, 11) is 1.75. The number of piperidine rings is 1. The smallest absolute Gasteiger partial charge is 0.227 e. The number of hydrogen-bond donors (Lipinski definition) is 0. The SMILES string of the molecule is CCN1CC(C(=O)N(C)Cc2cc(-c3ccccn3)no2)CCC1=O. The lowest BCUT2D eigenvalue weighted by molar-refractivity contribution is -0.142. The molecule has 1 fully saturated rings. The van der Waals surface area contributed by atoms with Crippen molar-refractivity contribution in [1.82, 2.24) is 19.9 Å². The van der Waals surface area contributed by atoms with Crippen molar-refractivity contribution < 1.29 is 14.1 Å². The van der Waals surface area contributed by atoms with Crippen LogP contribution in [0.3, 0.4) is 0 Å². The van der Waals surface area contributed by atoms with Crippen molar-refractivity contribution in [3.63, 3.8) is 0 Å². The average Bonchev–Trinajstić information content (AvgIpc) is 3.10. The molecule has 0 N–H and O–H groups in total. The van der Waals surface area contributed by atoms with Crippen LogP contribution in [-0.4, -0.2) is 51.9 Å². The Morgan fingerprint density at radius 3 is 2.96 bits per heavy atom. The van der Waals surface area contributed by atoms with Gasteiger partial charge in [-0.15, -0.1) is 0 Å². The lowest BCUT2D eigenvalue weighted by Crippen LogP contribution is -2.45. The van der Waals surface area contributed by atoms with Crippen molar-refractivity contribution in [2.24, 2.45) is 5.92 Å². The Morgan fingerprint density at radius 1 is 1.40 bits per heavy atom. The molecule has 2 aromatic heterocycles. The number of nitrogens with zero attached hydrogens (tertiary/aromatic N) is 4. The molecule has 1 aliphatic heterocycles. The number of hydrogen-bond acceptors (Lipinski definition) is 5. The Labute approximate surface area is 146 Å². The molecule has 1 saturated heterocycles. The standard InChI is InChI=1S/C18H22N4O3/c1-3-22-11-13(7-8-17(22)23)18(24)21(2)12-14-10-16(20-25-14)15-6-4-5-9-19-15/h4-6,9-10,13H,3,7-8,11-12H2,1-2H3. The molecule has 0 radical (unpaired) electrons. The van der Waals surface area contributed by atoms with Gasteiger partial charge in [0.1, 0.15) is 5.69 Å². The van der Waals surface area contributed by atoms with Crippen LogP contribution in [0.15, 0.2) is 35.0 Å². The molecule has 3 heterocycles. The number of likely N-dealkylation sites (tertiary alicyclic amines) is 1. The summed E-state index contributed by atoms with van der Waals surface area (Å²) in [5.74, 6) is 0.614. The van der Waals surface area contributed by atoms with E-state index in [9.17, 15) is 9.59 Å². The Kier molecular flexibility index (Phi) is 5.11. The van der Waals surface area contributed by atoms with E-state index in [2.05, 4.69) is 10.1 Å². The van der Waals surface area contributed by atoms with E-state index in [-0.39, 0.29) is 17.7 Å². The fourth-order valence-corrected chi connectivity index (χ4v) is 3.07. The Balaban J connectivity index is 1.62. The quantitative estimate of drug-likeness (QED) is 0.830. The summed E-state index contributed by atoms with van der Waals surface area (Å²) >= 11 is 0. The molecule has 0 bridgehead atoms. The van der Waals surface area contributed by atoms with Crippen LogP contribution >= 0.6 is 0 Å². The first-order valence-corrected chi connectivity index (χ1v) is 8.48. The molecule has 7 heteroatoms. The summed E-state index contributed by atoms with van der Waals surface area (Å²) in [6, 6.07) is 7.38. The van der Waals surface area contributed by atoms with Crippen molar-refractivity contribution >= 4 is 11.8 Å². The van der Waals surface area contributed by atoms with Gasteiger partial charge in [0, 0.05) is 38.8 Å². The third-order valence-corrected chi connectivity index (χ3v) is 4.49. The summed E-state index contributed by atoms with van der Waals surface area (Å²) in [6.07, 6.45) is 2.74. The Morgan fingerprint density at radius 2 is 2.24 bits per heavy atom. The first kappa shape index (κ1) is 17.1. The maximum Gasteiger partial charge on any atom is 0.227 e. The highest BCUT2D eigenvalue weighted by atomic mass is 16.5. The molecule has 0 spiro atoms. The normalized spacial score (nSPS) is 17.6. The lowest BCUT2D eigenvalue weighted by atomic mass is 9.96. The highest BCUT2D eigenvalue weighted by Crippen LogP contribution is 2.21. The predicted octanol–water partition coefficient (Wildman–Crippen LogP) is 1.95. The molecular formula is C18H22N4O3. The van der Waals surface area contributed by atoms with Gasteiger partial charge in [0.25, 0.3) is 0 Å². The van der Waals surface area contributed by atoms with Gasteiger partial charge in [-0.3, -0.25) is 14.6 Å². The second-order valence-corrected chi connectivity index (χ2v) is 6.26. The molecule has 7 nitrogen and oxygen atoms in total. The molecular weight excluding hydrogens is 320 g/mol. The summed E-state index contributed by atoms with van der Waals surface area (Å²) in [4.78, 5) is 32.0. The first-order valence-electron chi connectivity index (χ1n) is 8.48. The molecule has 0 aromatic carbocycles. The van der Waals surface area contributed by atoms with E-state index in [1.54, 1.807) is 29.1 Å². The van der Waals surface area contributed by atoms with Gasteiger partial charge in [0.2, 0.25) is 11.8 Å². The second-order valence-electron chi connectivity index (χ2n) is 6.26. The highest BCUT2D eigenvalue weighted by Gasteiger charge is 2.31. The largest absolute Gasteiger partial charge is 0.359 e. The summed E-state index contributed by atoms with van der Waals surface area (Å²) in [5, 5.41) is 4.02. The summed E-state index contributed by atoms with van der Waals surface area (Å²) in [6.45, 7) is 3.41. The van der Waals surface area contributed by atoms with Crippen LogP contribution in [0.1, 0.15) is 25.5 Å². The Bertz CT molecular complexity index is 744. The molecule has 0 aliphatic carbocycles. The van der Waals surface area contributed by atoms with Gasteiger partial charge in [-0.2, -0.15) is 0 Å². The van der Waals surface area contributed by atoms with Crippen molar-refractivity contribution in [3.05, 3.63) is 36.2 Å². The molecule has 1 unspecified atom stereocenters. The van der Waals surface area contributed by atoms with Crippen LogP contribution in [0.25, 0.3) is 11.4 Å². The van der Waals surface area contributed by atoms with E-state index in [0.29, 0.717) is 43.9 Å². The van der Waals surface area contributed by atoms with Gasteiger partial charge in [-0.25, -0.2) is 0 Å². The van der Waals surface area contributed by atoms with E-state index >= 15 is 0 Å². The van der Waals surface area contributed by atoms with Gasteiger partial charge in [-0.05, 0) is 25.5 Å². The number of aromatic nitrogens is 2. The van der Waals surface area contributed by atoms with E-state index < -0.39 is 0 Å². The fraction of sp³-hybridized carbons (Fsp3) is 0.444. The van der Waals surface area contributed by atoms with Crippen LogP contribution < -0.4 is 0 Å². The zero-order chi connectivity index (χ0) is 17.8. The number of carbonyl (C=O) groups is 2. The van der Waals surface area contributed by atoms with Crippen LogP contribution in [0.5, 0.6) is 0 Å². The minimum Gasteiger partial charge on any atom is -0.359 e. The number of carbonyl (C=O) groups excluding carboxylic acids is 2. The van der Waals surface area contributed by atoms with Gasteiger partial charge in [-0.1, -0.05) is 11.2 Å². The van der Waals surface area contributed by atoms with E-state index in [1.807, 2.05) is 25.1 Å². The zero-order valence-electron chi connectivity index (χ0n) is 14.5. The third kappa shape index (κ3) is 3.87. The van der Waals surface area contributed by atoms with Gasteiger partial charge >= 0.3 is 0 Å². The van der Waals surface area contributed by atoms with Crippen molar-refractivity contribution in [2.45, 2.75) is 26.3 Å². The number of amides is 2. The first-order chi connectivity index (χ1) is 12.1. The maximum atomic E-state index is 12.7. The number of pyridine rings is 1. The lowest BCUT2D eigenvalue weighted by Gasteiger charge is -2.32. The molecule has 2 amide bonds. The average molecular weight is 342 g/mol. The molecule has 1 aliphatic rings. The minimum atomic E-state index is -0.152. The number of rotatable bonds is 5. The highest BCUT2D eigenvalue weighted by molar-refractivity contribution is 5.83. The molecule has 0 saturated carbocycles. The van der Waals surface area contributed by atoms with Gasteiger partial charge < -0.3 is 14.3 Å². The monoisotopic (exact) mass is 342 g/mol. The zero-order valence-corrected chi connectivity index (χ0v) is 14.5. The van der Waals surface area contributed by atoms with E-state index in [4.69, 9.17) is 4.52 Å².